The van der Waals surface area contributed by atoms with Crippen LogP contribution in [0.2, 0.25) is 0 Å². The van der Waals surface area contributed by atoms with Crippen molar-refractivity contribution in [2.24, 2.45) is 0 Å². The second kappa shape index (κ2) is 4.54. The third-order valence-corrected chi connectivity index (χ3v) is 4.69. The van der Waals surface area contributed by atoms with Crippen molar-refractivity contribution in [3.63, 3.8) is 0 Å². The third kappa shape index (κ3) is 2.02. The molecular formula is C13H13O2P. The number of hydrogen-bond acceptors (Lipinski definition) is 2. The highest BCUT2D eigenvalue weighted by Crippen LogP contribution is 2.35. The first kappa shape index (κ1) is 11.0. The topological polar surface area (TPSA) is 40.5 Å². The highest BCUT2D eigenvalue weighted by atomic mass is 31.1. The molecule has 0 fully saturated rings. The SMILES string of the molecule is CP(c1ccccc1O)c1ccccc1O. The normalized spacial score (nSPS) is 10.6. The number of hydrogen-bond donors (Lipinski definition) is 2. The molecule has 2 aromatic carbocycles. The van der Waals surface area contributed by atoms with Crippen LogP contribution in [-0.2, 0) is 0 Å². The molecular weight excluding hydrogens is 219 g/mol. The Morgan fingerprint density at radius 2 is 1.12 bits per heavy atom. The Kier molecular flexibility index (Phi) is 3.12. The maximum absolute atomic E-state index is 9.77. The summed E-state index contributed by atoms with van der Waals surface area (Å²) in [4.78, 5) is 0. The van der Waals surface area contributed by atoms with Gasteiger partial charge in [0.25, 0.3) is 0 Å². The van der Waals surface area contributed by atoms with E-state index < -0.39 is 7.92 Å². The van der Waals surface area contributed by atoms with Gasteiger partial charge in [-0.1, -0.05) is 36.4 Å². The first-order valence-corrected chi connectivity index (χ1v) is 6.79. The van der Waals surface area contributed by atoms with Crippen molar-refractivity contribution in [2.45, 2.75) is 0 Å². The van der Waals surface area contributed by atoms with E-state index in [1.54, 1.807) is 24.3 Å². The zero-order valence-corrected chi connectivity index (χ0v) is 9.85. The molecule has 0 saturated heterocycles. The predicted octanol–water partition coefficient (Wildman–Crippen LogP) is 2.16. The number of para-hydroxylation sites is 2. The van der Waals surface area contributed by atoms with E-state index in [1.807, 2.05) is 30.9 Å². The molecule has 2 aromatic rings. The molecule has 0 aliphatic carbocycles. The lowest BCUT2D eigenvalue weighted by atomic mass is 10.3. The average Bonchev–Trinajstić information content (AvgIpc) is 2.29. The second-order valence-corrected chi connectivity index (χ2v) is 5.62. The minimum Gasteiger partial charge on any atom is -0.507 e. The quantitative estimate of drug-likeness (QED) is 0.779. The van der Waals surface area contributed by atoms with E-state index in [0.717, 1.165) is 10.6 Å². The van der Waals surface area contributed by atoms with E-state index in [4.69, 9.17) is 0 Å². The summed E-state index contributed by atoms with van der Waals surface area (Å²) < 4.78 is 0. The molecule has 0 unspecified atom stereocenters. The van der Waals surface area contributed by atoms with Crippen LogP contribution in [0.1, 0.15) is 0 Å². The van der Waals surface area contributed by atoms with Crippen molar-refractivity contribution < 1.29 is 10.2 Å². The minimum atomic E-state index is -0.712. The molecule has 0 atom stereocenters. The zero-order chi connectivity index (χ0) is 11.5. The average molecular weight is 232 g/mol. The second-order valence-electron chi connectivity index (χ2n) is 3.54. The molecule has 0 radical (unpaired) electrons. The zero-order valence-electron chi connectivity index (χ0n) is 8.96. The van der Waals surface area contributed by atoms with Gasteiger partial charge < -0.3 is 10.2 Å². The van der Waals surface area contributed by atoms with E-state index in [2.05, 4.69) is 0 Å². The smallest absolute Gasteiger partial charge is 0.123 e. The van der Waals surface area contributed by atoms with E-state index >= 15 is 0 Å². The first-order chi connectivity index (χ1) is 7.70. The van der Waals surface area contributed by atoms with Crippen molar-refractivity contribution in [3.05, 3.63) is 48.5 Å². The van der Waals surface area contributed by atoms with Crippen LogP contribution in [0.5, 0.6) is 11.5 Å². The van der Waals surface area contributed by atoms with Gasteiger partial charge in [0.1, 0.15) is 11.5 Å². The number of phenolic OH excluding ortho intramolecular Hbond substituents is 2. The highest BCUT2D eigenvalue weighted by Gasteiger charge is 2.14. The fraction of sp³-hybridized carbons (Fsp3) is 0.0769. The van der Waals surface area contributed by atoms with Crippen LogP contribution in [0.4, 0.5) is 0 Å². The molecule has 0 bridgehead atoms. The Labute approximate surface area is 95.9 Å². The van der Waals surface area contributed by atoms with Crippen molar-refractivity contribution in [1.82, 2.24) is 0 Å². The lowest BCUT2D eigenvalue weighted by Gasteiger charge is -2.15. The Morgan fingerprint density at radius 3 is 1.50 bits per heavy atom. The first-order valence-electron chi connectivity index (χ1n) is 5.00. The number of rotatable bonds is 2. The van der Waals surface area contributed by atoms with Gasteiger partial charge in [-0.05, 0) is 26.7 Å². The fourth-order valence-electron chi connectivity index (χ4n) is 1.63. The molecule has 0 heterocycles. The summed E-state index contributed by atoms with van der Waals surface area (Å²) in [6.45, 7) is 2.03. The summed E-state index contributed by atoms with van der Waals surface area (Å²) in [6, 6.07) is 14.5. The molecule has 0 aromatic heterocycles. The van der Waals surface area contributed by atoms with Crippen LogP contribution >= 0.6 is 7.92 Å². The van der Waals surface area contributed by atoms with Gasteiger partial charge in [0.05, 0.1) is 0 Å². The minimum absolute atomic E-state index is 0.291. The summed E-state index contributed by atoms with van der Waals surface area (Å²) >= 11 is 0. The lowest BCUT2D eigenvalue weighted by molar-refractivity contribution is 0.479. The van der Waals surface area contributed by atoms with Crippen molar-refractivity contribution in [1.29, 1.82) is 0 Å². The Bertz CT molecular complexity index is 451. The third-order valence-electron chi connectivity index (χ3n) is 2.49. The maximum Gasteiger partial charge on any atom is 0.123 e. The maximum atomic E-state index is 9.77. The number of aromatic hydroxyl groups is 2. The molecule has 3 heteroatoms. The molecule has 82 valence electrons. The van der Waals surface area contributed by atoms with E-state index in [0.29, 0.717) is 11.5 Å². The molecule has 0 aliphatic heterocycles. The largest absolute Gasteiger partial charge is 0.507 e. The summed E-state index contributed by atoms with van der Waals surface area (Å²) in [5.74, 6) is 0.582. The molecule has 2 rings (SSSR count). The van der Waals surface area contributed by atoms with Gasteiger partial charge in [-0.15, -0.1) is 0 Å². The molecule has 2 nitrogen and oxygen atoms in total. The Morgan fingerprint density at radius 1 is 0.750 bits per heavy atom. The molecule has 0 spiro atoms. The van der Waals surface area contributed by atoms with Gasteiger partial charge in [-0.2, -0.15) is 0 Å². The van der Waals surface area contributed by atoms with Crippen LogP contribution in [0.25, 0.3) is 0 Å². The van der Waals surface area contributed by atoms with Gasteiger partial charge in [-0.25, -0.2) is 0 Å². The van der Waals surface area contributed by atoms with Crippen LogP contribution in [0, 0.1) is 0 Å². The van der Waals surface area contributed by atoms with Gasteiger partial charge in [0.2, 0.25) is 0 Å². The highest BCUT2D eigenvalue weighted by molar-refractivity contribution is 7.72. The van der Waals surface area contributed by atoms with E-state index in [9.17, 15) is 10.2 Å². The standard InChI is InChI=1S/C13H13O2P/c1-16(12-8-4-2-6-10(12)14)13-9-5-3-7-11(13)15/h2-9,14-15H,1H3. The molecule has 0 aliphatic rings. The molecule has 2 N–H and O–H groups in total. The predicted molar refractivity (Wildman–Crippen MR) is 68.3 cm³/mol. The Balaban J connectivity index is 2.44. The van der Waals surface area contributed by atoms with Crippen molar-refractivity contribution in [2.75, 3.05) is 6.66 Å². The van der Waals surface area contributed by atoms with E-state index in [1.165, 1.54) is 0 Å². The monoisotopic (exact) mass is 232 g/mol. The van der Waals surface area contributed by atoms with Gasteiger partial charge in [0, 0.05) is 10.6 Å². The van der Waals surface area contributed by atoms with Crippen LogP contribution in [-0.4, -0.2) is 16.9 Å². The van der Waals surface area contributed by atoms with Gasteiger partial charge in [-0.3, -0.25) is 0 Å². The van der Waals surface area contributed by atoms with Crippen molar-refractivity contribution in [3.8, 4) is 11.5 Å². The molecule has 0 saturated carbocycles. The van der Waals surface area contributed by atoms with Crippen LogP contribution in [0.3, 0.4) is 0 Å². The lowest BCUT2D eigenvalue weighted by Crippen LogP contribution is -2.11. The summed E-state index contributed by atoms with van der Waals surface area (Å²) in [5.41, 5.74) is 0. The van der Waals surface area contributed by atoms with Crippen molar-refractivity contribution >= 4 is 18.5 Å². The van der Waals surface area contributed by atoms with Crippen LogP contribution in [0.15, 0.2) is 48.5 Å². The molecule has 16 heavy (non-hydrogen) atoms. The number of benzene rings is 2. The summed E-state index contributed by atoms with van der Waals surface area (Å²) in [5, 5.41) is 21.3. The molecule has 0 amide bonds. The summed E-state index contributed by atoms with van der Waals surface area (Å²) in [6.07, 6.45) is 0. The van der Waals surface area contributed by atoms with Crippen LogP contribution < -0.4 is 10.6 Å². The Hall–Kier alpha value is -1.53. The number of phenols is 2. The van der Waals surface area contributed by atoms with Gasteiger partial charge >= 0.3 is 0 Å². The summed E-state index contributed by atoms with van der Waals surface area (Å²) in [7, 11) is -0.712. The van der Waals surface area contributed by atoms with Gasteiger partial charge in [0.15, 0.2) is 0 Å². The van der Waals surface area contributed by atoms with E-state index in [-0.39, 0.29) is 0 Å². The fourth-order valence-corrected chi connectivity index (χ4v) is 3.34.